The lowest BCUT2D eigenvalue weighted by Gasteiger charge is -2.34. The van der Waals surface area contributed by atoms with Crippen molar-refractivity contribution < 1.29 is 5.11 Å². The SMILES string of the molecule is CCNC(C)(CO)CN(C)c1ccccc1. The summed E-state index contributed by atoms with van der Waals surface area (Å²) in [6.07, 6.45) is 0. The van der Waals surface area contributed by atoms with E-state index in [9.17, 15) is 5.11 Å². The smallest absolute Gasteiger partial charge is 0.0627 e. The highest BCUT2D eigenvalue weighted by atomic mass is 16.3. The maximum absolute atomic E-state index is 9.42. The molecule has 0 amide bonds. The Morgan fingerprint density at radius 2 is 1.94 bits per heavy atom. The zero-order chi connectivity index (χ0) is 12.0. The molecule has 0 spiro atoms. The zero-order valence-electron chi connectivity index (χ0n) is 10.4. The molecule has 1 aromatic rings. The number of para-hydroxylation sites is 1. The number of nitrogens with zero attached hydrogens (tertiary/aromatic N) is 1. The van der Waals surface area contributed by atoms with Crippen LogP contribution in [0.2, 0.25) is 0 Å². The highest BCUT2D eigenvalue weighted by Crippen LogP contribution is 2.14. The number of aliphatic hydroxyl groups excluding tert-OH is 1. The van der Waals surface area contributed by atoms with Gasteiger partial charge < -0.3 is 15.3 Å². The number of benzene rings is 1. The van der Waals surface area contributed by atoms with E-state index in [1.165, 1.54) is 5.69 Å². The van der Waals surface area contributed by atoms with Gasteiger partial charge in [-0.1, -0.05) is 25.1 Å². The highest BCUT2D eigenvalue weighted by molar-refractivity contribution is 5.45. The van der Waals surface area contributed by atoms with Gasteiger partial charge in [0.25, 0.3) is 0 Å². The van der Waals surface area contributed by atoms with Crippen molar-refractivity contribution >= 4 is 5.69 Å². The summed E-state index contributed by atoms with van der Waals surface area (Å²) in [7, 11) is 2.04. The number of anilines is 1. The van der Waals surface area contributed by atoms with Crippen LogP contribution in [0.4, 0.5) is 5.69 Å². The summed E-state index contributed by atoms with van der Waals surface area (Å²) in [6.45, 7) is 5.87. The molecule has 1 rings (SSSR count). The lowest BCUT2D eigenvalue weighted by molar-refractivity contribution is 0.181. The van der Waals surface area contributed by atoms with E-state index in [-0.39, 0.29) is 12.1 Å². The van der Waals surface area contributed by atoms with Gasteiger partial charge in [0.05, 0.1) is 12.1 Å². The minimum Gasteiger partial charge on any atom is -0.394 e. The van der Waals surface area contributed by atoms with E-state index in [2.05, 4.69) is 29.3 Å². The van der Waals surface area contributed by atoms with Crippen molar-refractivity contribution in [1.82, 2.24) is 5.32 Å². The van der Waals surface area contributed by atoms with Gasteiger partial charge in [0.15, 0.2) is 0 Å². The fourth-order valence-corrected chi connectivity index (χ4v) is 1.89. The molecule has 0 aliphatic heterocycles. The summed E-state index contributed by atoms with van der Waals surface area (Å²) in [5, 5.41) is 12.7. The Hall–Kier alpha value is -1.06. The molecule has 0 bridgehead atoms. The number of aliphatic hydroxyl groups is 1. The van der Waals surface area contributed by atoms with Crippen LogP contribution in [0.1, 0.15) is 13.8 Å². The van der Waals surface area contributed by atoms with Gasteiger partial charge in [0.2, 0.25) is 0 Å². The third kappa shape index (κ3) is 3.51. The van der Waals surface area contributed by atoms with Gasteiger partial charge in [-0.25, -0.2) is 0 Å². The lowest BCUT2D eigenvalue weighted by Crippen LogP contribution is -2.53. The second kappa shape index (κ2) is 5.87. The average Bonchev–Trinajstić information content (AvgIpc) is 2.30. The van der Waals surface area contributed by atoms with Gasteiger partial charge in [0.1, 0.15) is 0 Å². The summed E-state index contributed by atoms with van der Waals surface area (Å²) in [5.74, 6) is 0. The minimum absolute atomic E-state index is 0.137. The van der Waals surface area contributed by atoms with Crippen molar-refractivity contribution in [3.05, 3.63) is 30.3 Å². The van der Waals surface area contributed by atoms with Gasteiger partial charge in [-0.3, -0.25) is 0 Å². The molecule has 0 saturated carbocycles. The predicted octanol–water partition coefficient (Wildman–Crippen LogP) is 1.48. The summed E-state index contributed by atoms with van der Waals surface area (Å²) < 4.78 is 0. The fraction of sp³-hybridized carbons (Fsp3) is 0.538. The number of rotatable bonds is 6. The van der Waals surface area contributed by atoms with Crippen molar-refractivity contribution in [3.63, 3.8) is 0 Å². The molecule has 1 unspecified atom stereocenters. The first-order valence-corrected chi connectivity index (χ1v) is 5.73. The Balaban J connectivity index is 2.65. The zero-order valence-corrected chi connectivity index (χ0v) is 10.4. The van der Waals surface area contributed by atoms with Gasteiger partial charge >= 0.3 is 0 Å². The molecule has 1 atom stereocenters. The van der Waals surface area contributed by atoms with Crippen LogP contribution < -0.4 is 10.2 Å². The van der Waals surface area contributed by atoms with Gasteiger partial charge in [-0.05, 0) is 25.6 Å². The maximum Gasteiger partial charge on any atom is 0.0627 e. The van der Waals surface area contributed by atoms with Crippen LogP contribution in [0.25, 0.3) is 0 Å². The van der Waals surface area contributed by atoms with Gasteiger partial charge in [-0.2, -0.15) is 0 Å². The van der Waals surface area contributed by atoms with E-state index in [1.807, 2.05) is 32.2 Å². The van der Waals surface area contributed by atoms with E-state index < -0.39 is 0 Å². The monoisotopic (exact) mass is 222 g/mol. The second-order valence-corrected chi connectivity index (χ2v) is 4.44. The topological polar surface area (TPSA) is 35.5 Å². The fourth-order valence-electron chi connectivity index (χ4n) is 1.89. The molecular weight excluding hydrogens is 200 g/mol. The van der Waals surface area contributed by atoms with Crippen molar-refractivity contribution in [3.8, 4) is 0 Å². The van der Waals surface area contributed by atoms with Crippen molar-refractivity contribution in [2.75, 3.05) is 31.6 Å². The Bertz CT molecular complexity index is 302. The van der Waals surface area contributed by atoms with Crippen LogP contribution in [0.3, 0.4) is 0 Å². The molecule has 0 heterocycles. The molecule has 3 nitrogen and oxygen atoms in total. The molecule has 90 valence electrons. The molecule has 0 aliphatic carbocycles. The van der Waals surface area contributed by atoms with Crippen LogP contribution in [0.15, 0.2) is 30.3 Å². The normalized spacial score (nSPS) is 14.5. The Labute approximate surface area is 98.1 Å². The highest BCUT2D eigenvalue weighted by Gasteiger charge is 2.23. The molecular formula is C13H22N2O. The quantitative estimate of drug-likeness (QED) is 0.765. The van der Waals surface area contributed by atoms with Crippen LogP contribution in [0, 0.1) is 0 Å². The standard InChI is InChI=1S/C13H22N2O/c1-4-14-13(2,11-16)10-15(3)12-8-6-5-7-9-12/h5-9,14,16H,4,10-11H2,1-3H3. The lowest BCUT2D eigenvalue weighted by atomic mass is 10.0. The molecule has 0 saturated heterocycles. The van der Waals surface area contributed by atoms with Gasteiger partial charge in [0, 0.05) is 19.3 Å². The van der Waals surface area contributed by atoms with Crippen molar-refractivity contribution in [1.29, 1.82) is 0 Å². The summed E-state index contributed by atoms with van der Waals surface area (Å²) in [5.41, 5.74) is 0.916. The number of hydrogen-bond donors (Lipinski definition) is 2. The third-order valence-electron chi connectivity index (χ3n) is 2.74. The minimum atomic E-state index is -0.251. The maximum atomic E-state index is 9.42. The summed E-state index contributed by atoms with van der Waals surface area (Å²) in [6, 6.07) is 10.2. The number of nitrogens with one attached hydrogen (secondary N) is 1. The average molecular weight is 222 g/mol. The number of likely N-dealkylation sites (N-methyl/N-ethyl adjacent to an activating group) is 2. The van der Waals surface area contributed by atoms with E-state index in [0.717, 1.165) is 13.1 Å². The van der Waals surface area contributed by atoms with Crippen molar-refractivity contribution in [2.24, 2.45) is 0 Å². The van der Waals surface area contributed by atoms with Crippen LogP contribution in [0.5, 0.6) is 0 Å². The van der Waals surface area contributed by atoms with Crippen LogP contribution in [-0.2, 0) is 0 Å². The van der Waals surface area contributed by atoms with Crippen LogP contribution >= 0.6 is 0 Å². The molecule has 1 aromatic carbocycles. The first-order valence-electron chi connectivity index (χ1n) is 5.73. The molecule has 0 aromatic heterocycles. The van der Waals surface area contributed by atoms with Crippen molar-refractivity contribution in [2.45, 2.75) is 19.4 Å². The second-order valence-electron chi connectivity index (χ2n) is 4.44. The first-order chi connectivity index (χ1) is 7.61. The van der Waals surface area contributed by atoms with Crippen LogP contribution in [-0.4, -0.2) is 37.4 Å². The largest absolute Gasteiger partial charge is 0.394 e. The van der Waals surface area contributed by atoms with E-state index in [4.69, 9.17) is 0 Å². The Kier molecular flexibility index (Phi) is 4.77. The summed E-state index contributed by atoms with van der Waals surface area (Å²) >= 11 is 0. The molecule has 0 aliphatic rings. The molecule has 16 heavy (non-hydrogen) atoms. The summed E-state index contributed by atoms with van der Waals surface area (Å²) in [4.78, 5) is 2.15. The van der Waals surface area contributed by atoms with Gasteiger partial charge in [-0.15, -0.1) is 0 Å². The molecule has 3 heteroatoms. The van der Waals surface area contributed by atoms with E-state index >= 15 is 0 Å². The Morgan fingerprint density at radius 3 is 2.44 bits per heavy atom. The Morgan fingerprint density at radius 1 is 1.31 bits per heavy atom. The van der Waals surface area contributed by atoms with E-state index in [1.54, 1.807) is 0 Å². The number of hydrogen-bond acceptors (Lipinski definition) is 3. The third-order valence-corrected chi connectivity index (χ3v) is 2.74. The van der Waals surface area contributed by atoms with E-state index in [0.29, 0.717) is 0 Å². The molecule has 0 fully saturated rings. The molecule has 0 radical (unpaired) electrons. The first kappa shape index (κ1) is 13.0. The molecule has 2 N–H and O–H groups in total. The predicted molar refractivity (Wildman–Crippen MR) is 68.9 cm³/mol.